The molecular formula is C5H10N2O2S. The highest BCUT2D eigenvalue weighted by Gasteiger charge is 2.56. The summed E-state index contributed by atoms with van der Waals surface area (Å²) in [4.78, 5) is 11.9. The zero-order valence-electron chi connectivity index (χ0n) is 5.98. The van der Waals surface area contributed by atoms with E-state index in [1.165, 1.54) is 0 Å². The molecule has 0 aliphatic carbocycles. The van der Waals surface area contributed by atoms with Crippen LogP contribution in [0.15, 0.2) is 0 Å². The van der Waals surface area contributed by atoms with Gasteiger partial charge >= 0.3 is 0 Å². The predicted molar refractivity (Wildman–Crippen MR) is 40.5 cm³/mol. The summed E-state index contributed by atoms with van der Waals surface area (Å²) in [6, 6.07) is 0. The molecule has 1 fully saturated rings. The maximum Gasteiger partial charge on any atom is 0.294 e. The van der Waals surface area contributed by atoms with Crippen LogP contribution in [0.5, 0.6) is 0 Å². The van der Waals surface area contributed by atoms with Crippen molar-refractivity contribution in [3.63, 3.8) is 0 Å². The molecule has 1 heterocycles. The van der Waals surface area contributed by atoms with Gasteiger partial charge in [-0.2, -0.15) is 0 Å². The fourth-order valence-corrected chi connectivity index (χ4v) is 2.06. The summed E-state index contributed by atoms with van der Waals surface area (Å²) in [6.07, 6.45) is 1.48. The van der Waals surface area contributed by atoms with Gasteiger partial charge in [0.15, 0.2) is 0 Å². The molecule has 0 radical (unpaired) electrons. The Morgan fingerprint density at radius 2 is 2.40 bits per heavy atom. The van der Waals surface area contributed by atoms with Gasteiger partial charge in [0.05, 0.1) is 0 Å². The van der Waals surface area contributed by atoms with E-state index in [0.29, 0.717) is 0 Å². The Labute approximate surface area is 63.7 Å². The van der Waals surface area contributed by atoms with Crippen LogP contribution in [0.25, 0.3) is 0 Å². The molecule has 0 amide bonds. The van der Waals surface area contributed by atoms with Crippen LogP contribution in [-0.2, 0) is 0 Å². The Bertz CT molecular complexity index is 143. The Morgan fingerprint density at radius 1 is 1.80 bits per heavy atom. The lowest BCUT2D eigenvalue weighted by Gasteiger charge is -1.88. The topological polar surface area (TPSA) is 46.1 Å². The number of nitro groups is 1. The van der Waals surface area contributed by atoms with Crippen LogP contribution in [0.3, 0.4) is 0 Å². The molecule has 0 aromatic heterocycles. The first-order valence-corrected chi connectivity index (χ1v) is 4.43. The lowest BCUT2D eigenvalue weighted by molar-refractivity contribution is -0.505. The third kappa shape index (κ3) is 1.11. The second kappa shape index (κ2) is 2.75. The average Bonchev–Trinajstić information content (AvgIpc) is 2.60. The van der Waals surface area contributed by atoms with Crippen molar-refractivity contribution in [1.29, 1.82) is 0 Å². The number of thioether (sulfide) groups is 1. The molecule has 0 saturated carbocycles. The van der Waals surface area contributed by atoms with Crippen molar-refractivity contribution in [2.24, 2.45) is 0 Å². The van der Waals surface area contributed by atoms with Gasteiger partial charge in [-0.25, -0.2) is 4.90 Å². The van der Waals surface area contributed by atoms with Crippen LogP contribution in [0.2, 0.25) is 0 Å². The normalized spacial score (nSPS) is 37.6. The quantitative estimate of drug-likeness (QED) is 0.346. The number of hydrogen-bond acceptors (Lipinski definition) is 4. The van der Waals surface area contributed by atoms with Gasteiger partial charge < -0.3 is 0 Å². The third-order valence-corrected chi connectivity index (χ3v) is 2.65. The highest BCUT2D eigenvalue weighted by atomic mass is 32.2. The van der Waals surface area contributed by atoms with E-state index in [-0.39, 0.29) is 10.3 Å². The molecule has 10 heavy (non-hydrogen) atoms. The number of hydrogen-bond donors (Lipinski definition) is 0. The maximum absolute atomic E-state index is 10.3. The van der Waals surface area contributed by atoms with Gasteiger partial charge in [-0.05, 0) is 6.26 Å². The van der Waals surface area contributed by atoms with Crippen molar-refractivity contribution in [1.82, 2.24) is 4.90 Å². The molecule has 1 rings (SSSR count). The summed E-state index contributed by atoms with van der Waals surface area (Å²) in [5, 5.41) is 10.4. The number of nitrogens with zero attached hydrogens (tertiary/aromatic N) is 2. The van der Waals surface area contributed by atoms with Crippen LogP contribution in [0, 0.1) is 10.1 Å². The summed E-state index contributed by atoms with van der Waals surface area (Å²) >= 11 is 1.54. The number of likely N-dealkylation sites (N-methyl/N-ethyl adjacent to an activating group) is 1. The van der Waals surface area contributed by atoms with Gasteiger partial charge in [-0.3, -0.25) is 10.1 Å². The smallest absolute Gasteiger partial charge is 0.263 e. The van der Waals surface area contributed by atoms with Crippen molar-refractivity contribution < 1.29 is 4.92 Å². The molecule has 1 saturated heterocycles. The highest BCUT2D eigenvalue weighted by molar-refractivity contribution is 7.99. The Balaban J connectivity index is 2.44. The minimum Gasteiger partial charge on any atom is -0.263 e. The fraction of sp³-hybridized carbons (Fsp3) is 1.00. The third-order valence-electron chi connectivity index (χ3n) is 1.65. The molecular weight excluding hydrogens is 152 g/mol. The summed E-state index contributed by atoms with van der Waals surface area (Å²) in [5.74, 6) is 0. The second-order valence-corrected chi connectivity index (χ2v) is 3.11. The second-order valence-electron chi connectivity index (χ2n) is 2.16. The highest BCUT2D eigenvalue weighted by Crippen LogP contribution is 2.35. The lowest BCUT2D eigenvalue weighted by Crippen LogP contribution is -2.09. The molecule has 4 nitrogen and oxygen atoms in total. The lowest BCUT2D eigenvalue weighted by atomic mass is 10.7. The van der Waals surface area contributed by atoms with Crippen molar-refractivity contribution in [2.75, 3.05) is 12.8 Å². The standard InChI is InChI=1S/C5H10N2O2S/c1-3-6-4(7(8)9)5(6)10-2/h4-5H,3H2,1-2H3. The van der Waals surface area contributed by atoms with Gasteiger partial charge in [0.1, 0.15) is 5.37 Å². The van der Waals surface area contributed by atoms with Gasteiger partial charge in [-0.15, -0.1) is 11.8 Å². The van der Waals surface area contributed by atoms with Crippen LogP contribution in [0.1, 0.15) is 6.92 Å². The van der Waals surface area contributed by atoms with Crippen LogP contribution < -0.4 is 0 Å². The van der Waals surface area contributed by atoms with Gasteiger partial charge in [0, 0.05) is 11.5 Å². The van der Waals surface area contributed by atoms with E-state index in [4.69, 9.17) is 0 Å². The first-order valence-electron chi connectivity index (χ1n) is 3.14. The van der Waals surface area contributed by atoms with Crippen molar-refractivity contribution in [3.8, 4) is 0 Å². The van der Waals surface area contributed by atoms with Crippen molar-refractivity contribution in [2.45, 2.75) is 18.5 Å². The molecule has 3 atom stereocenters. The van der Waals surface area contributed by atoms with Crippen LogP contribution in [0.4, 0.5) is 0 Å². The zero-order chi connectivity index (χ0) is 7.72. The molecule has 0 aromatic carbocycles. The Kier molecular flexibility index (Phi) is 2.15. The van der Waals surface area contributed by atoms with E-state index in [9.17, 15) is 10.1 Å². The van der Waals surface area contributed by atoms with E-state index in [1.807, 2.05) is 18.1 Å². The molecule has 0 aromatic rings. The van der Waals surface area contributed by atoms with Gasteiger partial charge in [0.2, 0.25) is 0 Å². The van der Waals surface area contributed by atoms with Gasteiger partial charge in [-0.1, -0.05) is 6.92 Å². The summed E-state index contributed by atoms with van der Waals surface area (Å²) in [5.41, 5.74) is 0. The Hall–Kier alpha value is -0.290. The zero-order valence-corrected chi connectivity index (χ0v) is 6.80. The first-order chi connectivity index (χ1) is 4.72. The van der Waals surface area contributed by atoms with E-state index in [1.54, 1.807) is 11.8 Å². The first kappa shape index (κ1) is 7.81. The van der Waals surface area contributed by atoms with Gasteiger partial charge in [0.25, 0.3) is 6.17 Å². The number of rotatable bonds is 3. The van der Waals surface area contributed by atoms with Crippen LogP contribution in [-0.4, -0.2) is 34.2 Å². The summed E-state index contributed by atoms with van der Waals surface area (Å²) < 4.78 is 0. The molecule has 0 bridgehead atoms. The molecule has 1 aliphatic heterocycles. The minimum absolute atomic E-state index is 0.125. The van der Waals surface area contributed by atoms with Crippen molar-refractivity contribution in [3.05, 3.63) is 10.1 Å². The Morgan fingerprint density at radius 3 is 2.50 bits per heavy atom. The maximum atomic E-state index is 10.3. The monoisotopic (exact) mass is 162 g/mol. The van der Waals surface area contributed by atoms with Crippen LogP contribution >= 0.6 is 11.8 Å². The summed E-state index contributed by atoms with van der Waals surface area (Å²) in [7, 11) is 0. The summed E-state index contributed by atoms with van der Waals surface area (Å²) in [6.45, 7) is 2.71. The van der Waals surface area contributed by atoms with E-state index < -0.39 is 6.17 Å². The van der Waals surface area contributed by atoms with Crippen molar-refractivity contribution >= 4 is 11.8 Å². The molecule has 5 heteroatoms. The molecule has 0 N–H and O–H groups in total. The fourth-order valence-electron chi connectivity index (χ4n) is 1.09. The average molecular weight is 162 g/mol. The van der Waals surface area contributed by atoms with E-state index >= 15 is 0 Å². The largest absolute Gasteiger partial charge is 0.294 e. The van der Waals surface area contributed by atoms with E-state index in [2.05, 4.69) is 0 Å². The molecule has 58 valence electrons. The predicted octanol–water partition coefficient (Wildman–Crippen LogP) is 0.614. The SMILES string of the molecule is CCN1C(SC)C1[N+](=O)[O-]. The minimum atomic E-state index is -0.417. The molecule has 3 unspecified atom stereocenters. The molecule has 0 spiro atoms. The molecule has 1 aliphatic rings. The van der Waals surface area contributed by atoms with E-state index in [0.717, 1.165) is 6.54 Å².